The second-order valence-electron chi connectivity index (χ2n) is 9.24. The first-order valence-electron chi connectivity index (χ1n) is 10.3. The molecule has 4 heteroatoms. The number of halogens is 1. The molecule has 0 radical (unpaired) electrons. The molecule has 0 aliphatic heterocycles. The van der Waals surface area contributed by atoms with Crippen molar-refractivity contribution in [3.8, 4) is 0 Å². The predicted molar refractivity (Wildman–Crippen MR) is 109 cm³/mol. The molecule has 0 saturated heterocycles. The van der Waals surface area contributed by atoms with Crippen LogP contribution in [0.2, 0.25) is 0 Å². The van der Waals surface area contributed by atoms with Gasteiger partial charge >= 0.3 is 5.97 Å². The predicted octanol–water partition coefficient (Wildman–Crippen LogP) is 5.80. The van der Waals surface area contributed by atoms with E-state index >= 15 is 0 Å². The number of ether oxygens (including phenoxy) is 1. The van der Waals surface area contributed by atoms with Gasteiger partial charge in [-0.3, -0.25) is 4.79 Å². The highest BCUT2D eigenvalue weighted by Crippen LogP contribution is 2.58. The van der Waals surface area contributed by atoms with Crippen LogP contribution in [0.15, 0.2) is 36.0 Å². The lowest BCUT2D eigenvalue weighted by Gasteiger charge is -2.52. The van der Waals surface area contributed by atoms with E-state index in [2.05, 4.69) is 31.8 Å². The molecule has 1 fully saturated rings. The van der Waals surface area contributed by atoms with Crippen molar-refractivity contribution < 1.29 is 13.9 Å². The van der Waals surface area contributed by atoms with Crippen LogP contribution in [-0.2, 0) is 16.0 Å². The van der Waals surface area contributed by atoms with Gasteiger partial charge in [-0.1, -0.05) is 25.5 Å². The van der Waals surface area contributed by atoms with E-state index in [1.54, 1.807) is 12.1 Å². The SMILES string of the molecule is COC(=O)[C@@]1(C)CCC=C2[C@@H]1CC[C@@H](C)[C@]2(C)Cc1c[nH]c2ccc(F)cc12. The molecule has 2 aliphatic carbocycles. The molecule has 28 heavy (non-hydrogen) atoms. The Labute approximate surface area is 166 Å². The van der Waals surface area contributed by atoms with E-state index in [4.69, 9.17) is 4.74 Å². The average molecular weight is 384 g/mol. The van der Waals surface area contributed by atoms with Gasteiger partial charge in [0.1, 0.15) is 5.82 Å². The Bertz CT molecular complexity index is 945. The number of carbonyl (C=O) groups excluding carboxylic acids is 1. The van der Waals surface area contributed by atoms with E-state index in [-0.39, 0.29) is 23.1 Å². The Morgan fingerprint density at radius 3 is 2.86 bits per heavy atom. The zero-order valence-corrected chi connectivity index (χ0v) is 17.3. The molecule has 0 spiro atoms. The number of benzene rings is 1. The summed E-state index contributed by atoms with van der Waals surface area (Å²) in [5, 5.41) is 0.961. The Morgan fingerprint density at radius 2 is 2.11 bits per heavy atom. The molecule has 4 atom stereocenters. The fourth-order valence-electron chi connectivity index (χ4n) is 5.76. The average Bonchev–Trinajstić information content (AvgIpc) is 3.06. The number of aromatic amines is 1. The molecular formula is C24H30FNO2. The Morgan fingerprint density at radius 1 is 1.32 bits per heavy atom. The van der Waals surface area contributed by atoms with Crippen molar-refractivity contribution in [1.82, 2.24) is 4.98 Å². The molecule has 1 aromatic carbocycles. The highest BCUT2D eigenvalue weighted by atomic mass is 19.1. The van der Waals surface area contributed by atoms with Crippen LogP contribution in [0, 0.1) is 28.5 Å². The highest BCUT2D eigenvalue weighted by Gasteiger charge is 2.53. The number of carbonyl (C=O) groups is 1. The van der Waals surface area contributed by atoms with Gasteiger partial charge in [0.2, 0.25) is 0 Å². The van der Waals surface area contributed by atoms with Gasteiger partial charge in [0.05, 0.1) is 12.5 Å². The Hall–Kier alpha value is -2.10. The highest BCUT2D eigenvalue weighted by molar-refractivity contribution is 5.83. The summed E-state index contributed by atoms with van der Waals surface area (Å²) in [4.78, 5) is 16.0. The molecule has 0 bridgehead atoms. The molecule has 1 N–H and O–H groups in total. The third-order valence-corrected chi connectivity index (χ3v) is 7.75. The van der Waals surface area contributed by atoms with E-state index < -0.39 is 5.41 Å². The van der Waals surface area contributed by atoms with Gasteiger partial charge in [-0.15, -0.1) is 0 Å². The van der Waals surface area contributed by atoms with Crippen LogP contribution in [0.5, 0.6) is 0 Å². The van der Waals surface area contributed by atoms with Crippen molar-refractivity contribution in [2.45, 2.75) is 52.9 Å². The van der Waals surface area contributed by atoms with E-state index in [1.165, 1.54) is 18.7 Å². The monoisotopic (exact) mass is 383 g/mol. The maximum atomic E-state index is 13.9. The van der Waals surface area contributed by atoms with Crippen molar-refractivity contribution in [2.75, 3.05) is 7.11 Å². The number of aromatic nitrogens is 1. The summed E-state index contributed by atoms with van der Waals surface area (Å²) < 4.78 is 19.1. The molecule has 3 nitrogen and oxygen atoms in total. The molecule has 1 saturated carbocycles. The van der Waals surface area contributed by atoms with Crippen LogP contribution in [0.1, 0.15) is 52.0 Å². The zero-order chi connectivity index (χ0) is 20.1. The minimum Gasteiger partial charge on any atom is -0.469 e. The third kappa shape index (κ3) is 2.80. The number of allylic oxidation sites excluding steroid dienone is 2. The number of methoxy groups -OCH3 is 1. The summed E-state index contributed by atoms with van der Waals surface area (Å²) in [7, 11) is 1.50. The Balaban J connectivity index is 1.75. The van der Waals surface area contributed by atoms with Crippen LogP contribution in [0.25, 0.3) is 10.9 Å². The van der Waals surface area contributed by atoms with Crippen molar-refractivity contribution in [3.63, 3.8) is 0 Å². The molecule has 0 amide bonds. The molecular weight excluding hydrogens is 353 g/mol. The fraction of sp³-hybridized carbons (Fsp3) is 0.542. The summed E-state index contributed by atoms with van der Waals surface area (Å²) in [5.41, 5.74) is 3.01. The number of nitrogens with one attached hydrogen (secondary N) is 1. The third-order valence-electron chi connectivity index (χ3n) is 7.75. The molecule has 2 aromatic rings. The number of rotatable bonds is 3. The zero-order valence-electron chi connectivity index (χ0n) is 17.3. The fourth-order valence-corrected chi connectivity index (χ4v) is 5.76. The van der Waals surface area contributed by atoms with Crippen LogP contribution in [-0.4, -0.2) is 18.1 Å². The van der Waals surface area contributed by atoms with E-state index in [9.17, 15) is 9.18 Å². The van der Waals surface area contributed by atoms with E-state index in [0.717, 1.165) is 48.6 Å². The molecule has 150 valence electrons. The second-order valence-corrected chi connectivity index (χ2v) is 9.24. The molecule has 0 unspecified atom stereocenters. The van der Waals surface area contributed by atoms with Crippen LogP contribution in [0.3, 0.4) is 0 Å². The molecule has 4 rings (SSSR count). The number of hydrogen-bond donors (Lipinski definition) is 1. The molecule has 2 aliphatic rings. The Kier molecular flexibility index (Phi) is 4.64. The standard InChI is InChI=1S/C24H30FNO2/c1-15-7-9-20-19(6-5-11-23(20,2)22(27)28-4)24(15,3)13-16-14-26-21-10-8-17(25)12-18(16)21/h6,8,10,12,14-15,20,26H,5,7,9,11,13H2,1-4H3/t15-,20+,23+,24+/m1/s1. The normalized spacial score (nSPS) is 32.7. The maximum Gasteiger partial charge on any atom is 0.312 e. The molecule has 1 heterocycles. The topological polar surface area (TPSA) is 42.1 Å². The summed E-state index contributed by atoms with van der Waals surface area (Å²) in [6.07, 6.45) is 9.10. The number of esters is 1. The second kappa shape index (κ2) is 6.75. The quantitative estimate of drug-likeness (QED) is 0.537. The van der Waals surface area contributed by atoms with Crippen molar-refractivity contribution in [1.29, 1.82) is 0 Å². The first kappa shape index (κ1) is 19.2. The molecule has 1 aromatic heterocycles. The lowest BCUT2D eigenvalue weighted by atomic mass is 9.51. The van der Waals surface area contributed by atoms with Crippen molar-refractivity contribution in [2.24, 2.45) is 22.7 Å². The lowest BCUT2D eigenvalue weighted by molar-refractivity contribution is -0.156. The van der Waals surface area contributed by atoms with Gasteiger partial charge in [-0.05, 0) is 80.0 Å². The maximum absolute atomic E-state index is 13.9. The number of hydrogen-bond acceptors (Lipinski definition) is 2. The van der Waals surface area contributed by atoms with Crippen molar-refractivity contribution in [3.05, 3.63) is 47.4 Å². The van der Waals surface area contributed by atoms with E-state index in [1.807, 2.05) is 6.20 Å². The lowest BCUT2D eigenvalue weighted by Crippen LogP contribution is -2.48. The largest absolute Gasteiger partial charge is 0.469 e. The van der Waals surface area contributed by atoms with Gasteiger partial charge in [-0.25, -0.2) is 4.39 Å². The van der Waals surface area contributed by atoms with Gasteiger partial charge in [0.25, 0.3) is 0 Å². The summed E-state index contributed by atoms with van der Waals surface area (Å²) >= 11 is 0. The van der Waals surface area contributed by atoms with Crippen LogP contribution < -0.4 is 0 Å². The first-order chi connectivity index (χ1) is 13.3. The van der Waals surface area contributed by atoms with Crippen LogP contribution >= 0.6 is 0 Å². The first-order valence-corrected chi connectivity index (χ1v) is 10.3. The van der Waals surface area contributed by atoms with Gasteiger partial charge < -0.3 is 9.72 Å². The minimum absolute atomic E-state index is 0.0555. The van der Waals surface area contributed by atoms with Gasteiger partial charge in [-0.2, -0.15) is 0 Å². The number of fused-ring (bicyclic) bond motifs is 2. The van der Waals surface area contributed by atoms with Crippen LogP contribution in [0.4, 0.5) is 4.39 Å². The van der Waals surface area contributed by atoms with Gasteiger partial charge in [0, 0.05) is 17.1 Å². The van der Waals surface area contributed by atoms with Crippen molar-refractivity contribution >= 4 is 16.9 Å². The van der Waals surface area contributed by atoms with Gasteiger partial charge in [0.15, 0.2) is 0 Å². The smallest absolute Gasteiger partial charge is 0.312 e. The summed E-state index contributed by atoms with van der Waals surface area (Å²) in [6, 6.07) is 4.93. The van der Waals surface area contributed by atoms with E-state index in [0.29, 0.717) is 5.92 Å². The minimum atomic E-state index is -0.452. The number of H-pyrrole nitrogens is 1. The summed E-state index contributed by atoms with van der Waals surface area (Å²) in [5.74, 6) is 0.419. The summed E-state index contributed by atoms with van der Waals surface area (Å²) in [6.45, 7) is 6.72.